The maximum absolute atomic E-state index is 13.0. The van der Waals surface area contributed by atoms with Crippen LogP contribution in [0.1, 0.15) is 27.6 Å². The van der Waals surface area contributed by atoms with Crippen LogP contribution in [0.5, 0.6) is 0 Å². The number of carbonyl (C=O) groups excluding carboxylic acids is 2. The third-order valence-corrected chi connectivity index (χ3v) is 12.1. The van der Waals surface area contributed by atoms with Crippen molar-refractivity contribution in [2.75, 3.05) is 12.7 Å². The van der Waals surface area contributed by atoms with Crippen LogP contribution >= 0.6 is 7.26 Å². The Bertz CT molecular complexity index is 1170. The number of rotatable bonds is 7. The van der Waals surface area contributed by atoms with Crippen LogP contribution < -0.4 is 15.9 Å². The summed E-state index contributed by atoms with van der Waals surface area (Å²) in [6.07, 6.45) is 0.887. The quantitative estimate of drug-likeness (QED) is 0.295. The summed E-state index contributed by atoms with van der Waals surface area (Å²) in [7, 11) is -2.43. The van der Waals surface area contributed by atoms with Crippen LogP contribution in [0, 0.1) is 5.92 Å². The van der Waals surface area contributed by atoms with Crippen molar-refractivity contribution >= 4 is 35.0 Å². The topological polar surface area (TPSA) is 37.4 Å². The van der Waals surface area contributed by atoms with Crippen LogP contribution in [0.3, 0.4) is 0 Å². The molecule has 0 unspecified atom stereocenters. The van der Waals surface area contributed by atoms with Crippen molar-refractivity contribution < 1.29 is 9.59 Å². The number of nitrogens with zero attached hydrogens (tertiary/aromatic N) is 1. The third kappa shape index (κ3) is 3.87. The Hall–Kier alpha value is -3.55. The Labute approximate surface area is 201 Å². The third-order valence-electron chi connectivity index (χ3n) is 6.83. The Kier molecular flexibility index (Phi) is 6.13. The van der Waals surface area contributed by atoms with Crippen molar-refractivity contribution in [2.45, 2.75) is 6.92 Å². The zero-order valence-electron chi connectivity index (χ0n) is 19.2. The van der Waals surface area contributed by atoms with Crippen LogP contribution in [0.25, 0.3) is 0 Å². The van der Waals surface area contributed by atoms with Crippen LogP contribution in [0.4, 0.5) is 0 Å². The molecule has 1 heterocycles. The summed E-state index contributed by atoms with van der Waals surface area (Å²) in [5.41, 5.74) is 1.02. The minimum atomic E-state index is -2.43. The molecule has 0 radical (unpaired) electrons. The summed E-state index contributed by atoms with van der Waals surface area (Å²) in [5.74, 6) is -0.243. The Morgan fingerprint density at radius 1 is 0.588 bits per heavy atom. The molecule has 0 saturated heterocycles. The summed E-state index contributed by atoms with van der Waals surface area (Å²) in [6, 6.07) is 39.4. The molecule has 34 heavy (non-hydrogen) atoms. The molecule has 4 heteroatoms. The minimum absolute atomic E-state index is 0.120. The average molecular weight is 466 g/mol. The number of hydrogen-bond acceptors (Lipinski definition) is 2. The second-order valence-corrected chi connectivity index (χ2v) is 13.0. The molecule has 0 saturated carbocycles. The first-order valence-electron chi connectivity index (χ1n) is 11.7. The molecule has 1 aliphatic heterocycles. The van der Waals surface area contributed by atoms with E-state index in [1.54, 1.807) is 12.1 Å². The molecule has 3 nitrogen and oxygen atoms in total. The SMILES string of the molecule is C[C@@H](CN1C(=O)c2ccccc2C1=O)C[PH](c1ccccc1)(c1ccccc1)c1ccccc1. The molecule has 0 aromatic heterocycles. The zero-order chi connectivity index (χ0) is 23.5. The summed E-state index contributed by atoms with van der Waals surface area (Å²) in [5, 5.41) is 4.00. The molecule has 4 aromatic carbocycles. The molecule has 5 rings (SSSR count). The van der Waals surface area contributed by atoms with E-state index in [1.165, 1.54) is 20.8 Å². The molecule has 170 valence electrons. The van der Waals surface area contributed by atoms with Gasteiger partial charge in [-0.15, -0.1) is 0 Å². The van der Waals surface area contributed by atoms with Gasteiger partial charge < -0.3 is 0 Å². The standard InChI is InChI=1S/C30H28NO2P/c1-23(21-31-29(32)27-19-11-12-20-28(27)30(31)33)22-34(24-13-5-2-6-14-24,25-15-7-3-8-16-25)26-17-9-4-10-18-26/h2-20,23,34H,21-22H2,1H3/t23-/m0/s1. The van der Waals surface area contributed by atoms with Crippen molar-refractivity contribution in [2.24, 2.45) is 5.92 Å². The van der Waals surface area contributed by atoms with Crippen molar-refractivity contribution in [3.05, 3.63) is 126 Å². The van der Waals surface area contributed by atoms with Gasteiger partial charge in [-0.1, -0.05) is 0 Å². The first-order chi connectivity index (χ1) is 16.6. The monoisotopic (exact) mass is 465 g/mol. The van der Waals surface area contributed by atoms with Gasteiger partial charge in [-0.2, -0.15) is 0 Å². The van der Waals surface area contributed by atoms with E-state index in [0.29, 0.717) is 17.7 Å². The Morgan fingerprint density at radius 3 is 1.32 bits per heavy atom. The van der Waals surface area contributed by atoms with E-state index in [1.807, 2.05) is 12.1 Å². The maximum atomic E-state index is 13.0. The molecule has 0 N–H and O–H groups in total. The van der Waals surface area contributed by atoms with Crippen molar-refractivity contribution in [3.8, 4) is 0 Å². The summed E-state index contributed by atoms with van der Waals surface area (Å²) in [4.78, 5) is 27.5. The second-order valence-electron chi connectivity index (χ2n) is 9.08. The summed E-state index contributed by atoms with van der Waals surface area (Å²) >= 11 is 0. The van der Waals surface area contributed by atoms with Crippen molar-refractivity contribution in [1.29, 1.82) is 0 Å². The molecule has 1 atom stereocenters. The van der Waals surface area contributed by atoms with Gasteiger partial charge in [0.05, 0.1) is 0 Å². The predicted octanol–water partition coefficient (Wildman–Crippen LogP) is 4.65. The van der Waals surface area contributed by atoms with Gasteiger partial charge in [0, 0.05) is 0 Å². The van der Waals surface area contributed by atoms with Gasteiger partial charge in [0.25, 0.3) is 0 Å². The van der Waals surface area contributed by atoms with Crippen LogP contribution in [0.2, 0.25) is 0 Å². The molecule has 1 aliphatic rings. The van der Waals surface area contributed by atoms with E-state index in [4.69, 9.17) is 0 Å². The summed E-state index contributed by atoms with van der Waals surface area (Å²) in [6.45, 7) is 2.58. The summed E-state index contributed by atoms with van der Waals surface area (Å²) < 4.78 is 0. The van der Waals surface area contributed by atoms with E-state index in [-0.39, 0.29) is 17.7 Å². The number of hydrogen-bond donors (Lipinski definition) is 0. The number of imide groups is 1. The molecule has 4 aromatic rings. The average Bonchev–Trinajstić information content (AvgIpc) is 3.14. The van der Waals surface area contributed by atoms with E-state index in [2.05, 4.69) is 97.9 Å². The van der Waals surface area contributed by atoms with Crippen LogP contribution in [-0.2, 0) is 0 Å². The molecular formula is C30H28NO2P. The fourth-order valence-corrected chi connectivity index (χ4v) is 10.5. The molecule has 2 amide bonds. The molecular weight excluding hydrogens is 437 g/mol. The van der Waals surface area contributed by atoms with Gasteiger partial charge in [0.2, 0.25) is 0 Å². The fourth-order valence-electron chi connectivity index (χ4n) is 5.33. The van der Waals surface area contributed by atoms with E-state index in [9.17, 15) is 9.59 Å². The number of amides is 2. The van der Waals surface area contributed by atoms with E-state index < -0.39 is 7.26 Å². The zero-order valence-corrected chi connectivity index (χ0v) is 20.2. The fraction of sp³-hybridized carbons (Fsp3) is 0.133. The van der Waals surface area contributed by atoms with Crippen LogP contribution in [-0.4, -0.2) is 29.4 Å². The predicted molar refractivity (Wildman–Crippen MR) is 142 cm³/mol. The molecule has 0 bridgehead atoms. The second kappa shape index (κ2) is 9.37. The number of carbonyl (C=O) groups is 2. The van der Waals surface area contributed by atoms with Gasteiger partial charge in [-0.25, -0.2) is 0 Å². The number of fused-ring (bicyclic) bond motifs is 1. The normalized spacial score (nSPS) is 14.7. The van der Waals surface area contributed by atoms with E-state index in [0.717, 1.165) is 6.16 Å². The van der Waals surface area contributed by atoms with Crippen molar-refractivity contribution in [3.63, 3.8) is 0 Å². The van der Waals surface area contributed by atoms with Gasteiger partial charge in [-0.3, -0.25) is 0 Å². The molecule has 0 fully saturated rings. The Balaban J connectivity index is 1.56. The van der Waals surface area contributed by atoms with Gasteiger partial charge in [0.15, 0.2) is 0 Å². The van der Waals surface area contributed by atoms with E-state index >= 15 is 0 Å². The first-order valence-corrected chi connectivity index (χ1v) is 13.9. The van der Waals surface area contributed by atoms with Crippen LogP contribution in [0.15, 0.2) is 115 Å². The molecule has 0 spiro atoms. The molecule has 0 aliphatic carbocycles. The van der Waals surface area contributed by atoms with Crippen molar-refractivity contribution in [1.82, 2.24) is 4.90 Å². The van der Waals surface area contributed by atoms with Gasteiger partial charge in [-0.05, 0) is 0 Å². The number of benzene rings is 4. The first kappa shape index (κ1) is 22.3. The Morgan fingerprint density at radius 2 is 0.941 bits per heavy atom. The van der Waals surface area contributed by atoms with Gasteiger partial charge >= 0.3 is 201 Å². The van der Waals surface area contributed by atoms with Gasteiger partial charge in [0.1, 0.15) is 0 Å².